The van der Waals surface area contributed by atoms with Gasteiger partial charge in [-0.3, -0.25) is 0 Å². The fourth-order valence-corrected chi connectivity index (χ4v) is 3.78. The molecule has 1 aromatic heterocycles. The van der Waals surface area contributed by atoms with Crippen LogP contribution in [0, 0.1) is 6.92 Å². The van der Waals surface area contributed by atoms with E-state index >= 15 is 0 Å². The minimum absolute atomic E-state index is 0.0403. The van der Waals surface area contributed by atoms with Crippen LogP contribution in [-0.2, 0) is 11.3 Å². The SMILES string of the molecule is CSc1ccc(Cl)c(C(=O)OCc2cc(=O)oc3cc(C)c(C(C)C)cc23)c1. The smallest absolute Gasteiger partial charge is 0.340 e. The van der Waals surface area contributed by atoms with Crippen molar-refractivity contribution in [1.82, 2.24) is 0 Å². The van der Waals surface area contributed by atoms with Crippen LogP contribution in [0.5, 0.6) is 0 Å². The molecule has 146 valence electrons. The summed E-state index contributed by atoms with van der Waals surface area (Å²) in [4.78, 5) is 25.4. The van der Waals surface area contributed by atoms with Gasteiger partial charge in [-0.25, -0.2) is 9.59 Å². The van der Waals surface area contributed by atoms with Crippen LogP contribution in [0.15, 0.2) is 50.5 Å². The molecule has 0 atom stereocenters. The summed E-state index contributed by atoms with van der Waals surface area (Å²) in [6.45, 7) is 6.16. The number of rotatable bonds is 5. The van der Waals surface area contributed by atoms with Crippen molar-refractivity contribution in [2.75, 3.05) is 6.26 Å². The third-order valence-corrected chi connectivity index (χ3v) is 5.65. The molecule has 0 saturated carbocycles. The number of fused-ring (bicyclic) bond motifs is 1. The van der Waals surface area contributed by atoms with Crippen molar-refractivity contribution < 1.29 is 13.9 Å². The summed E-state index contributed by atoms with van der Waals surface area (Å²) in [5, 5.41) is 1.10. The highest BCUT2D eigenvalue weighted by Crippen LogP contribution is 2.28. The van der Waals surface area contributed by atoms with Gasteiger partial charge in [0.2, 0.25) is 0 Å². The number of esters is 1. The maximum atomic E-state index is 12.5. The number of carbonyl (C=O) groups excluding carboxylic acids is 1. The second-order valence-corrected chi connectivity index (χ2v) is 8.16. The lowest BCUT2D eigenvalue weighted by molar-refractivity contribution is 0.0473. The molecule has 0 bridgehead atoms. The lowest BCUT2D eigenvalue weighted by Gasteiger charge is -2.13. The molecule has 0 aliphatic heterocycles. The molecule has 3 aromatic rings. The summed E-state index contributed by atoms with van der Waals surface area (Å²) in [5.41, 5.74) is 3.14. The first kappa shape index (κ1) is 20.5. The van der Waals surface area contributed by atoms with E-state index in [-0.39, 0.29) is 6.61 Å². The van der Waals surface area contributed by atoms with Crippen LogP contribution in [0.4, 0.5) is 0 Å². The molecule has 0 fully saturated rings. The number of thioether (sulfide) groups is 1. The Kier molecular flexibility index (Phi) is 6.16. The maximum Gasteiger partial charge on any atom is 0.340 e. The minimum Gasteiger partial charge on any atom is -0.457 e. The first-order valence-electron chi connectivity index (χ1n) is 8.88. The van der Waals surface area contributed by atoms with Gasteiger partial charge in [-0.05, 0) is 60.6 Å². The monoisotopic (exact) mass is 416 g/mol. The van der Waals surface area contributed by atoms with Crippen LogP contribution >= 0.6 is 23.4 Å². The second kappa shape index (κ2) is 8.41. The zero-order valence-electron chi connectivity index (χ0n) is 16.2. The van der Waals surface area contributed by atoms with E-state index < -0.39 is 11.6 Å². The van der Waals surface area contributed by atoms with Crippen molar-refractivity contribution in [3.63, 3.8) is 0 Å². The predicted molar refractivity (Wildman–Crippen MR) is 114 cm³/mol. The average molecular weight is 417 g/mol. The van der Waals surface area contributed by atoms with Gasteiger partial charge in [0.15, 0.2) is 0 Å². The summed E-state index contributed by atoms with van der Waals surface area (Å²) >= 11 is 7.66. The number of halogens is 1. The van der Waals surface area contributed by atoms with Crippen molar-refractivity contribution in [3.05, 3.63) is 74.1 Å². The number of carbonyl (C=O) groups is 1. The highest BCUT2D eigenvalue weighted by molar-refractivity contribution is 7.98. The zero-order valence-corrected chi connectivity index (χ0v) is 17.7. The Bertz CT molecular complexity index is 1100. The van der Waals surface area contributed by atoms with Gasteiger partial charge in [0.1, 0.15) is 12.2 Å². The van der Waals surface area contributed by atoms with E-state index in [0.29, 0.717) is 27.7 Å². The molecule has 0 radical (unpaired) electrons. The predicted octanol–water partition coefficient (Wildman–Crippen LogP) is 5.96. The van der Waals surface area contributed by atoms with Crippen molar-refractivity contribution in [3.8, 4) is 0 Å². The summed E-state index contributed by atoms with van der Waals surface area (Å²) < 4.78 is 10.8. The summed E-state index contributed by atoms with van der Waals surface area (Å²) in [6, 6.07) is 10.4. The van der Waals surface area contributed by atoms with Crippen LogP contribution in [0.2, 0.25) is 5.02 Å². The molecule has 0 aliphatic rings. The van der Waals surface area contributed by atoms with Gasteiger partial charge < -0.3 is 9.15 Å². The quantitative estimate of drug-likeness (QED) is 0.292. The van der Waals surface area contributed by atoms with E-state index in [1.54, 1.807) is 12.1 Å². The molecule has 0 unspecified atom stereocenters. The molecule has 2 aromatic carbocycles. The number of hydrogen-bond acceptors (Lipinski definition) is 5. The van der Waals surface area contributed by atoms with Gasteiger partial charge in [-0.2, -0.15) is 0 Å². The number of ether oxygens (including phenoxy) is 1. The van der Waals surface area contributed by atoms with Gasteiger partial charge >= 0.3 is 11.6 Å². The second-order valence-electron chi connectivity index (χ2n) is 6.87. The standard InChI is InChI=1S/C22H21ClO4S/c1-12(2)16-10-17-14(8-21(24)27-20(17)7-13(16)3)11-26-22(25)18-9-15(28-4)5-6-19(18)23/h5-10,12H,11H2,1-4H3. The number of aryl methyl sites for hydroxylation is 1. The molecular formula is C22H21ClO4S. The number of benzene rings is 2. The Labute approximate surface area is 172 Å². The van der Waals surface area contributed by atoms with Crippen LogP contribution in [0.1, 0.15) is 46.8 Å². The van der Waals surface area contributed by atoms with Gasteiger partial charge in [-0.15, -0.1) is 11.8 Å². The molecule has 0 N–H and O–H groups in total. The first-order valence-corrected chi connectivity index (χ1v) is 10.5. The van der Waals surface area contributed by atoms with Gasteiger partial charge in [0.05, 0.1) is 10.6 Å². The Morgan fingerprint density at radius 3 is 2.64 bits per heavy atom. The largest absolute Gasteiger partial charge is 0.457 e. The normalized spacial score (nSPS) is 11.2. The molecule has 6 heteroatoms. The maximum absolute atomic E-state index is 12.5. The Hall–Kier alpha value is -2.24. The van der Waals surface area contributed by atoms with Crippen LogP contribution in [0.3, 0.4) is 0 Å². The van der Waals surface area contributed by atoms with E-state index in [1.165, 1.54) is 17.8 Å². The highest BCUT2D eigenvalue weighted by atomic mass is 35.5. The van der Waals surface area contributed by atoms with E-state index in [9.17, 15) is 9.59 Å². The summed E-state index contributed by atoms with van der Waals surface area (Å²) in [5.74, 6) is -0.210. The molecule has 0 amide bonds. The molecule has 1 heterocycles. The van der Waals surface area contributed by atoms with E-state index in [1.807, 2.05) is 31.4 Å². The third kappa shape index (κ3) is 4.26. The van der Waals surface area contributed by atoms with E-state index in [0.717, 1.165) is 21.4 Å². The van der Waals surface area contributed by atoms with Gasteiger partial charge in [-0.1, -0.05) is 25.4 Å². The van der Waals surface area contributed by atoms with E-state index in [4.69, 9.17) is 20.8 Å². The Balaban J connectivity index is 1.95. The Morgan fingerprint density at radius 1 is 1.21 bits per heavy atom. The topological polar surface area (TPSA) is 56.5 Å². The van der Waals surface area contributed by atoms with Gasteiger partial charge in [0.25, 0.3) is 0 Å². The van der Waals surface area contributed by atoms with Crippen molar-refractivity contribution in [2.24, 2.45) is 0 Å². The molecular weight excluding hydrogens is 396 g/mol. The van der Waals surface area contributed by atoms with Crippen LogP contribution in [-0.4, -0.2) is 12.2 Å². The molecule has 0 spiro atoms. The molecule has 0 saturated heterocycles. The van der Waals surface area contributed by atoms with Crippen molar-refractivity contribution in [2.45, 2.75) is 38.2 Å². The molecule has 4 nitrogen and oxygen atoms in total. The van der Waals surface area contributed by atoms with Gasteiger partial charge in [0, 0.05) is 21.9 Å². The molecule has 0 aliphatic carbocycles. The third-order valence-electron chi connectivity index (χ3n) is 4.59. The average Bonchev–Trinajstić information content (AvgIpc) is 2.65. The summed E-state index contributed by atoms with van der Waals surface area (Å²) in [6.07, 6.45) is 1.92. The highest BCUT2D eigenvalue weighted by Gasteiger charge is 2.16. The fraction of sp³-hybridized carbons (Fsp3) is 0.273. The lowest BCUT2D eigenvalue weighted by Crippen LogP contribution is -2.09. The first-order chi connectivity index (χ1) is 13.3. The van der Waals surface area contributed by atoms with Crippen molar-refractivity contribution in [1.29, 1.82) is 0 Å². The van der Waals surface area contributed by atoms with E-state index in [2.05, 4.69) is 13.8 Å². The van der Waals surface area contributed by atoms with Crippen molar-refractivity contribution >= 4 is 40.3 Å². The summed E-state index contributed by atoms with van der Waals surface area (Å²) in [7, 11) is 0. The Morgan fingerprint density at radius 2 is 1.96 bits per heavy atom. The zero-order chi connectivity index (χ0) is 20.4. The number of hydrogen-bond donors (Lipinski definition) is 0. The van der Waals surface area contributed by atoms with Crippen LogP contribution < -0.4 is 5.63 Å². The minimum atomic E-state index is -0.529. The van der Waals surface area contributed by atoms with Crippen LogP contribution in [0.25, 0.3) is 11.0 Å². The lowest BCUT2D eigenvalue weighted by atomic mass is 9.95. The fourth-order valence-electron chi connectivity index (χ4n) is 3.14. The molecule has 3 rings (SSSR count). The molecule has 28 heavy (non-hydrogen) atoms.